The molecule has 0 spiro atoms. The third-order valence-electron chi connectivity index (χ3n) is 2.16. The lowest BCUT2D eigenvalue weighted by Gasteiger charge is -2.07. The second-order valence-corrected chi connectivity index (χ2v) is 4.68. The van der Waals surface area contributed by atoms with Gasteiger partial charge in [0.2, 0.25) is 5.28 Å². The number of hydrogen-bond donors (Lipinski definition) is 0. The first kappa shape index (κ1) is 14.0. The Kier molecular flexibility index (Phi) is 4.93. The van der Waals surface area contributed by atoms with Crippen LogP contribution in [0.1, 0.15) is 12.5 Å². The molecule has 0 aliphatic rings. The summed E-state index contributed by atoms with van der Waals surface area (Å²) in [5.74, 6) is 0. The molecule has 0 saturated carbocycles. The predicted molar refractivity (Wildman–Crippen MR) is 74.5 cm³/mol. The summed E-state index contributed by atoms with van der Waals surface area (Å²) in [5, 5.41) is 0.0422. The highest BCUT2D eigenvalue weighted by Crippen LogP contribution is 2.19. The summed E-state index contributed by atoms with van der Waals surface area (Å²) < 4.78 is 11.6. The van der Waals surface area contributed by atoms with Gasteiger partial charge in [-0.25, -0.2) is 0 Å². The van der Waals surface area contributed by atoms with E-state index in [1.165, 1.54) is 0 Å². The predicted octanol–water partition coefficient (Wildman–Crippen LogP) is 3.27. The lowest BCUT2D eigenvalue weighted by atomic mass is 10.2. The van der Waals surface area contributed by atoms with Crippen LogP contribution in [0, 0.1) is 0 Å². The van der Waals surface area contributed by atoms with E-state index in [0.29, 0.717) is 13.2 Å². The molecular weight excluding hydrogens is 334 g/mol. The first-order chi connectivity index (χ1) is 9.19. The number of aromatic nitrogens is 3. The van der Waals surface area contributed by atoms with Gasteiger partial charge in [0, 0.05) is 10.0 Å². The average Bonchev–Trinajstić information content (AvgIpc) is 2.37. The van der Waals surface area contributed by atoms with Gasteiger partial charge >= 0.3 is 12.0 Å². The molecular formula is C12H11BrClN3O2. The average molecular weight is 345 g/mol. The van der Waals surface area contributed by atoms with Crippen LogP contribution in [-0.2, 0) is 6.61 Å². The van der Waals surface area contributed by atoms with Crippen molar-refractivity contribution < 1.29 is 9.47 Å². The van der Waals surface area contributed by atoms with Gasteiger partial charge in [-0.05, 0) is 24.6 Å². The van der Waals surface area contributed by atoms with Crippen LogP contribution in [-0.4, -0.2) is 21.6 Å². The van der Waals surface area contributed by atoms with Crippen LogP contribution in [0.3, 0.4) is 0 Å². The lowest BCUT2D eigenvalue weighted by Crippen LogP contribution is -2.04. The van der Waals surface area contributed by atoms with E-state index in [1.807, 2.05) is 31.2 Å². The van der Waals surface area contributed by atoms with Gasteiger partial charge in [0.05, 0.1) is 6.61 Å². The Hall–Kier alpha value is -1.40. The van der Waals surface area contributed by atoms with Crippen LogP contribution in [0.5, 0.6) is 12.0 Å². The fourth-order valence-electron chi connectivity index (χ4n) is 1.33. The topological polar surface area (TPSA) is 57.1 Å². The van der Waals surface area contributed by atoms with E-state index in [2.05, 4.69) is 30.9 Å². The fourth-order valence-corrected chi connectivity index (χ4v) is 1.87. The Balaban J connectivity index is 2.09. The van der Waals surface area contributed by atoms with Crippen molar-refractivity contribution >= 4 is 27.5 Å². The van der Waals surface area contributed by atoms with E-state index >= 15 is 0 Å². The fraction of sp³-hybridized carbons (Fsp3) is 0.250. The van der Waals surface area contributed by atoms with Crippen molar-refractivity contribution in [1.29, 1.82) is 0 Å². The lowest BCUT2D eigenvalue weighted by molar-refractivity contribution is 0.260. The zero-order valence-corrected chi connectivity index (χ0v) is 12.5. The Morgan fingerprint density at radius 3 is 2.47 bits per heavy atom. The SMILES string of the molecule is CCOc1nc(Cl)nc(OCc2ccccc2Br)n1. The molecule has 0 aliphatic carbocycles. The molecule has 1 heterocycles. The quantitative estimate of drug-likeness (QED) is 0.833. The largest absolute Gasteiger partial charge is 0.464 e. The standard InChI is InChI=1S/C12H11BrClN3O2/c1-2-18-11-15-10(14)16-12(17-11)19-7-8-5-3-4-6-9(8)13/h3-6H,2,7H2,1H3. The summed E-state index contributed by atoms with van der Waals surface area (Å²) in [7, 11) is 0. The molecule has 0 saturated heterocycles. The van der Waals surface area contributed by atoms with Crippen molar-refractivity contribution in [3.63, 3.8) is 0 Å². The van der Waals surface area contributed by atoms with Crippen molar-refractivity contribution in [2.75, 3.05) is 6.61 Å². The van der Waals surface area contributed by atoms with Crippen molar-refractivity contribution in [2.24, 2.45) is 0 Å². The normalized spacial score (nSPS) is 10.3. The molecule has 1 aromatic heterocycles. The molecule has 0 atom stereocenters. The molecule has 2 rings (SSSR count). The summed E-state index contributed by atoms with van der Waals surface area (Å²) in [6, 6.07) is 8.03. The Morgan fingerprint density at radius 1 is 1.11 bits per heavy atom. The zero-order valence-electron chi connectivity index (χ0n) is 10.1. The zero-order chi connectivity index (χ0) is 13.7. The Labute approximate surface area is 124 Å². The van der Waals surface area contributed by atoms with Crippen LogP contribution < -0.4 is 9.47 Å². The number of halogens is 2. The van der Waals surface area contributed by atoms with Gasteiger partial charge in [0.15, 0.2) is 0 Å². The monoisotopic (exact) mass is 343 g/mol. The molecule has 0 amide bonds. The van der Waals surface area contributed by atoms with E-state index in [9.17, 15) is 0 Å². The molecule has 0 fully saturated rings. The van der Waals surface area contributed by atoms with E-state index in [4.69, 9.17) is 21.1 Å². The van der Waals surface area contributed by atoms with Crippen LogP contribution >= 0.6 is 27.5 Å². The molecule has 100 valence electrons. The molecule has 2 aromatic rings. The summed E-state index contributed by atoms with van der Waals surface area (Å²) in [6.07, 6.45) is 0. The third-order valence-corrected chi connectivity index (χ3v) is 3.10. The van der Waals surface area contributed by atoms with Gasteiger partial charge in [-0.2, -0.15) is 9.97 Å². The van der Waals surface area contributed by atoms with Gasteiger partial charge in [-0.3, -0.25) is 0 Å². The second-order valence-electron chi connectivity index (χ2n) is 3.48. The summed E-state index contributed by atoms with van der Waals surface area (Å²) in [4.78, 5) is 11.7. The maximum atomic E-state index is 5.77. The molecule has 0 unspecified atom stereocenters. The molecule has 0 bridgehead atoms. The number of ether oxygens (including phenoxy) is 2. The molecule has 1 aromatic carbocycles. The number of nitrogens with zero attached hydrogens (tertiary/aromatic N) is 3. The minimum atomic E-state index is 0.0422. The highest BCUT2D eigenvalue weighted by molar-refractivity contribution is 9.10. The summed E-state index contributed by atoms with van der Waals surface area (Å²) in [6.45, 7) is 2.61. The van der Waals surface area contributed by atoms with Crippen LogP contribution in [0.4, 0.5) is 0 Å². The molecule has 0 radical (unpaired) electrons. The smallest absolute Gasteiger partial charge is 0.324 e. The molecule has 7 heteroatoms. The van der Waals surface area contributed by atoms with Crippen molar-refractivity contribution in [3.05, 3.63) is 39.6 Å². The molecule has 19 heavy (non-hydrogen) atoms. The van der Waals surface area contributed by atoms with Crippen molar-refractivity contribution in [2.45, 2.75) is 13.5 Å². The van der Waals surface area contributed by atoms with Gasteiger partial charge < -0.3 is 9.47 Å². The second kappa shape index (κ2) is 6.68. The Bertz CT molecular complexity index is 568. The maximum Gasteiger partial charge on any atom is 0.324 e. The summed E-state index contributed by atoms with van der Waals surface area (Å²) in [5.41, 5.74) is 0.983. The van der Waals surface area contributed by atoms with Gasteiger partial charge in [-0.1, -0.05) is 34.1 Å². The minimum absolute atomic E-state index is 0.0422. The highest BCUT2D eigenvalue weighted by atomic mass is 79.9. The summed E-state index contributed by atoms with van der Waals surface area (Å²) >= 11 is 9.21. The van der Waals surface area contributed by atoms with Crippen molar-refractivity contribution in [3.8, 4) is 12.0 Å². The molecule has 0 aliphatic heterocycles. The highest BCUT2D eigenvalue weighted by Gasteiger charge is 2.08. The number of rotatable bonds is 5. The Morgan fingerprint density at radius 2 is 1.79 bits per heavy atom. The van der Waals surface area contributed by atoms with E-state index in [0.717, 1.165) is 10.0 Å². The number of hydrogen-bond acceptors (Lipinski definition) is 5. The first-order valence-electron chi connectivity index (χ1n) is 5.59. The van der Waals surface area contributed by atoms with E-state index in [1.54, 1.807) is 0 Å². The van der Waals surface area contributed by atoms with Gasteiger partial charge in [0.1, 0.15) is 6.61 Å². The van der Waals surface area contributed by atoms with E-state index < -0.39 is 0 Å². The van der Waals surface area contributed by atoms with Crippen molar-refractivity contribution in [1.82, 2.24) is 15.0 Å². The van der Waals surface area contributed by atoms with E-state index in [-0.39, 0.29) is 17.3 Å². The third kappa shape index (κ3) is 4.04. The number of benzene rings is 1. The van der Waals surface area contributed by atoms with Crippen LogP contribution in [0.15, 0.2) is 28.7 Å². The molecule has 0 N–H and O–H groups in total. The maximum absolute atomic E-state index is 5.77. The molecule has 5 nitrogen and oxygen atoms in total. The van der Waals surface area contributed by atoms with Gasteiger partial charge in [0.25, 0.3) is 0 Å². The van der Waals surface area contributed by atoms with Crippen LogP contribution in [0.2, 0.25) is 5.28 Å². The van der Waals surface area contributed by atoms with Gasteiger partial charge in [-0.15, -0.1) is 4.98 Å². The first-order valence-corrected chi connectivity index (χ1v) is 6.76. The minimum Gasteiger partial charge on any atom is -0.464 e. The van der Waals surface area contributed by atoms with Crippen LogP contribution in [0.25, 0.3) is 0 Å².